The fourth-order valence-corrected chi connectivity index (χ4v) is 8.16. The largest absolute Gasteiger partial charge is 0.454 e. The molecule has 0 saturated heterocycles. The third-order valence-electron chi connectivity index (χ3n) is 8.54. The minimum atomic E-state index is -0.636. The first-order valence-corrected chi connectivity index (χ1v) is 17.2. The summed E-state index contributed by atoms with van der Waals surface area (Å²) >= 11 is 3.45. The first-order valence-electron chi connectivity index (χ1n) is 15.2. The van der Waals surface area contributed by atoms with Gasteiger partial charge in [-0.1, -0.05) is 20.3 Å². The maximum atomic E-state index is 15.5. The van der Waals surface area contributed by atoms with E-state index in [2.05, 4.69) is 42.2 Å². The summed E-state index contributed by atoms with van der Waals surface area (Å²) in [7, 11) is 1.54. The number of aryl methyl sites for hydroxylation is 2. The van der Waals surface area contributed by atoms with Gasteiger partial charge in [0.15, 0.2) is 17.4 Å². The molecule has 0 radical (unpaired) electrons. The van der Waals surface area contributed by atoms with Crippen LogP contribution >= 0.6 is 23.1 Å². The van der Waals surface area contributed by atoms with Crippen molar-refractivity contribution in [3.8, 4) is 11.5 Å². The molecule has 0 spiro atoms. The molecule has 0 amide bonds. The Morgan fingerprint density at radius 2 is 1.96 bits per heavy atom. The first-order chi connectivity index (χ1) is 21.5. The molecular formula is C35H40F2N4O2S2. The van der Waals surface area contributed by atoms with Gasteiger partial charge in [-0.3, -0.25) is 4.99 Å². The van der Waals surface area contributed by atoms with E-state index < -0.39 is 17.0 Å². The van der Waals surface area contributed by atoms with E-state index in [9.17, 15) is 4.79 Å². The smallest absolute Gasteiger partial charge is 0.168 e. The fraction of sp³-hybridized carbons (Fsp3) is 0.400. The summed E-state index contributed by atoms with van der Waals surface area (Å²) in [4.78, 5) is 24.2. The summed E-state index contributed by atoms with van der Waals surface area (Å²) in [6, 6.07) is 9.73. The van der Waals surface area contributed by atoms with Gasteiger partial charge in [0.2, 0.25) is 0 Å². The second-order valence-electron chi connectivity index (χ2n) is 12.6. The van der Waals surface area contributed by atoms with Crippen molar-refractivity contribution in [3.63, 3.8) is 0 Å². The van der Waals surface area contributed by atoms with Crippen LogP contribution in [0, 0.1) is 17.0 Å². The average molecular weight is 651 g/mol. The number of aromatic nitrogens is 1. The minimum Gasteiger partial charge on any atom is -0.454 e. The van der Waals surface area contributed by atoms with Crippen molar-refractivity contribution in [1.82, 2.24) is 4.98 Å². The molecule has 10 heteroatoms. The number of thioether (sulfide) groups is 1. The number of hydrogen-bond acceptors (Lipinski definition) is 6. The zero-order chi connectivity index (χ0) is 32.2. The van der Waals surface area contributed by atoms with E-state index in [-0.39, 0.29) is 28.3 Å². The van der Waals surface area contributed by atoms with Gasteiger partial charge in [0.1, 0.15) is 23.7 Å². The van der Waals surface area contributed by atoms with E-state index >= 15 is 8.78 Å². The molecule has 1 aliphatic heterocycles. The Morgan fingerprint density at radius 3 is 2.73 bits per heavy atom. The highest BCUT2D eigenvalue weighted by atomic mass is 32.2. The Hall–Kier alpha value is -3.50. The number of halogens is 2. The number of carbonyl (C=O) groups is 1. The molecule has 3 heterocycles. The number of aldehydes is 1. The number of carbonyl (C=O) groups excluding carboxylic acids is 1. The van der Waals surface area contributed by atoms with Gasteiger partial charge in [0.05, 0.1) is 11.0 Å². The summed E-state index contributed by atoms with van der Waals surface area (Å²) in [5.41, 5.74) is 8.91. The number of aliphatic imine (C=N–C) groups is 2. The maximum Gasteiger partial charge on any atom is 0.168 e. The van der Waals surface area contributed by atoms with Crippen LogP contribution in [-0.2, 0) is 23.1 Å². The monoisotopic (exact) mass is 650 g/mol. The van der Waals surface area contributed by atoms with Crippen molar-refractivity contribution in [2.75, 3.05) is 18.6 Å². The zero-order valence-corrected chi connectivity index (χ0v) is 27.8. The number of nitrogens with zero attached hydrogens (tertiary/aromatic N) is 2. The van der Waals surface area contributed by atoms with Gasteiger partial charge < -0.3 is 20.2 Å². The Kier molecular flexibility index (Phi) is 10.1. The topological polar surface area (TPSA) is 92.8 Å². The number of amidine groups is 2. The quantitative estimate of drug-likeness (QED) is 0.216. The van der Waals surface area contributed by atoms with E-state index in [0.29, 0.717) is 30.6 Å². The van der Waals surface area contributed by atoms with Crippen molar-refractivity contribution in [2.24, 2.45) is 21.1 Å². The van der Waals surface area contributed by atoms with Crippen molar-refractivity contribution >= 4 is 52.0 Å². The first kappa shape index (κ1) is 32.9. The Bertz CT molecular complexity index is 1740. The molecule has 45 heavy (non-hydrogen) atoms. The van der Waals surface area contributed by atoms with Gasteiger partial charge in [-0.2, -0.15) is 11.8 Å². The van der Waals surface area contributed by atoms with E-state index in [1.54, 1.807) is 24.6 Å². The van der Waals surface area contributed by atoms with Gasteiger partial charge in [0.25, 0.3) is 0 Å². The highest BCUT2D eigenvalue weighted by molar-refractivity contribution is 7.99. The number of rotatable bonds is 4. The van der Waals surface area contributed by atoms with Crippen LogP contribution in [0.5, 0.6) is 11.5 Å². The Balaban J connectivity index is 1.60. The molecule has 6 nitrogen and oxygen atoms in total. The second-order valence-corrected chi connectivity index (χ2v) is 14.6. The van der Waals surface area contributed by atoms with Gasteiger partial charge >= 0.3 is 0 Å². The van der Waals surface area contributed by atoms with Gasteiger partial charge in [-0.25, -0.2) is 13.8 Å². The third kappa shape index (κ3) is 7.33. The van der Waals surface area contributed by atoms with Gasteiger partial charge in [-0.05, 0) is 90.8 Å². The summed E-state index contributed by atoms with van der Waals surface area (Å²) in [6.07, 6.45) is 7.06. The van der Waals surface area contributed by atoms with Crippen LogP contribution in [0.1, 0.15) is 68.0 Å². The molecule has 5 rings (SSSR count). The normalized spacial score (nSPS) is 20.6. The van der Waals surface area contributed by atoms with Gasteiger partial charge in [-0.15, -0.1) is 11.3 Å². The van der Waals surface area contributed by atoms with Crippen LogP contribution in [0.25, 0.3) is 10.9 Å². The van der Waals surface area contributed by atoms with E-state index in [1.807, 2.05) is 17.8 Å². The van der Waals surface area contributed by atoms with Crippen LogP contribution < -0.4 is 10.5 Å². The molecule has 0 aliphatic carbocycles. The summed E-state index contributed by atoms with van der Waals surface area (Å²) < 4.78 is 37.1. The Morgan fingerprint density at radius 1 is 1.13 bits per heavy atom. The van der Waals surface area contributed by atoms with Crippen molar-refractivity contribution in [3.05, 3.63) is 81.2 Å². The van der Waals surface area contributed by atoms with Gasteiger partial charge in [0, 0.05) is 47.1 Å². The molecule has 1 atom stereocenters. The lowest BCUT2D eigenvalue weighted by atomic mass is 9.79. The zero-order valence-electron chi connectivity index (χ0n) is 26.2. The SMILES string of the molecule is CN=C1N=C(N)C(C)(c2cc(CCC=O)cs2)CCCC(C)(C)CSCCc2c(c(F)cc3[nH]ccc23)Oc2ccc(F)c1c2. The van der Waals surface area contributed by atoms with Crippen LogP contribution in [-0.4, -0.2) is 41.5 Å². The maximum absolute atomic E-state index is 15.5. The number of nitrogens with one attached hydrogen (secondary N) is 1. The second kappa shape index (κ2) is 13.9. The van der Waals surface area contributed by atoms with Crippen LogP contribution in [0.2, 0.25) is 0 Å². The van der Waals surface area contributed by atoms with Crippen molar-refractivity contribution in [1.29, 1.82) is 0 Å². The molecule has 4 aromatic rings. The number of nitrogens with two attached hydrogens (primary N) is 1. The number of aromatic amines is 1. The highest BCUT2D eigenvalue weighted by Crippen LogP contribution is 2.39. The molecule has 2 aromatic carbocycles. The van der Waals surface area contributed by atoms with E-state index in [0.717, 1.165) is 58.4 Å². The third-order valence-corrected chi connectivity index (χ3v) is 11.3. The summed E-state index contributed by atoms with van der Waals surface area (Å²) in [5, 5.41) is 2.97. The molecule has 1 unspecified atom stereocenters. The molecule has 0 saturated carbocycles. The number of ether oxygens (including phenoxy) is 1. The molecule has 2 bridgehead atoms. The molecule has 238 valence electrons. The highest BCUT2D eigenvalue weighted by Gasteiger charge is 2.34. The number of benzene rings is 2. The molecule has 2 aromatic heterocycles. The summed E-state index contributed by atoms with van der Waals surface area (Å²) in [5.74, 6) is 1.57. The number of hydrogen-bond donors (Lipinski definition) is 2. The lowest BCUT2D eigenvalue weighted by Crippen LogP contribution is -2.39. The fourth-order valence-electron chi connectivity index (χ4n) is 5.82. The minimum absolute atomic E-state index is 0.0504. The number of fused-ring (bicyclic) bond motifs is 5. The standard InChI is InChI=1S/C35H40F2N4O2S2/c1-34(2)12-6-13-35(3,30-17-22(20-45-30)7-5-15-42)33(38)41-32(39-4)26-18-23(8-9-27(26)36)43-31-25(11-16-44-21-34)24-10-14-40-29(24)19-28(31)37/h8-10,14-15,17-20,40H,5-7,11-13,16,21H2,1-4H3,(H2,38,39,41). The van der Waals surface area contributed by atoms with Crippen LogP contribution in [0.3, 0.4) is 0 Å². The van der Waals surface area contributed by atoms with Crippen LogP contribution in [0.15, 0.2) is 58.0 Å². The lowest BCUT2D eigenvalue weighted by Gasteiger charge is -2.31. The molecule has 1 aliphatic rings. The Labute approximate surface area is 271 Å². The number of H-pyrrole nitrogens is 1. The molecular weight excluding hydrogens is 611 g/mol. The molecule has 0 fully saturated rings. The predicted molar refractivity (Wildman–Crippen MR) is 184 cm³/mol. The van der Waals surface area contributed by atoms with E-state index in [1.165, 1.54) is 24.3 Å². The average Bonchev–Trinajstić information content (AvgIpc) is 3.68. The summed E-state index contributed by atoms with van der Waals surface area (Å²) in [6.45, 7) is 6.62. The van der Waals surface area contributed by atoms with Crippen LogP contribution in [0.4, 0.5) is 8.78 Å². The van der Waals surface area contributed by atoms with E-state index in [4.69, 9.17) is 15.5 Å². The molecule has 3 N–H and O–H groups in total. The lowest BCUT2D eigenvalue weighted by molar-refractivity contribution is -0.107. The number of thiophene rings is 1. The predicted octanol–water partition coefficient (Wildman–Crippen LogP) is 8.61. The van der Waals surface area contributed by atoms with Crippen molar-refractivity contribution < 1.29 is 18.3 Å². The van der Waals surface area contributed by atoms with Crippen molar-refractivity contribution in [2.45, 2.75) is 64.7 Å².